The summed E-state index contributed by atoms with van der Waals surface area (Å²) in [5.41, 5.74) is -0.945. The van der Waals surface area contributed by atoms with E-state index in [1.807, 2.05) is 0 Å². The Morgan fingerprint density at radius 1 is 0.468 bits per heavy atom. The number of ether oxygens (including phenoxy) is 10. The molecule has 109 heavy (non-hydrogen) atoms. The molecule has 0 aromatic heterocycles. The van der Waals surface area contributed by atoms with Crippen LogP contribution in [0.1, 0.15) is 156 Å². The van der Waals surface area contributed by atoms with E-state index in [0.29, 0.717) is 138 Å². The van der Waals surface area contributed by atoms with E-state index in [-0.39, 0.29) is 125 Å². The van der Waals surface area contributed by atoms with E-state index in [4.69, 9.17) is 87.4 Å². The third-order valence-electron chi connectivity index (χ3n) is 16.2. The first-order valence-electron chi connectivity index (χ1n) is 37.0. The number of hydrogen-bond acceptors (Lipinski definition) is 38. The molecule has 0 bridgehead atoms. The van der Waals surface area contributed by atoms with Gasteiger partial charge >= 0.3 is 28.6 Å². The molecule has 18 atom stereocenters. The lowest BCUT2D eigenvalue weighted by Gasteiger charge is -2.42. The van der Waals surface area contributed by atoms with Gasteiger partial charge in [-0.15, -0.1) is 9.05 Å². The third-order valence-corrected chi connectivity index (χ3v) is 25.1. The van der Waals surface area contributed by atoms with Crippen LogP contribution in [0.4, 0.5) is 0 Å². The van der Waals surface area contributed by atoms with Crippen molar-refractivity contribution >= 4 is 75.4 Å². The molecule has 0 radical (unpaired) electrons. The Labute approximate surface area is 654 Å². The van der Waals surface area contributed by atoms with Crippen LogP contribution in [-0.4, -0.2) is 303 Å². The molecule has 2 amide bonds. The lowest BCUT2D eigenvalue weighted by molar-refractivity contribution is -0.295. The quantitative estimate of drug-likeness (QED) is 0.0140. The van der Waals surface area contributed by atoms with Gasteiger partial charge in [-0.2, -0.15) is 0 Å². The summed E-state index contributed by atoms with van der Waals surface area (Å²) in [5.74, 6) is -0.930. The van der Waals surface area contributed by atoms with E-state index >= 15 is 0 Å². The largest absolute Gasteiger partial charge is 0.697 e. The molecule has 16 unspecified atom stereocenters. The fourth-order valence-electron chi connectivity index (χ4n) is 10.5. The van der Waals surface area contributed by atoms with E-state index in [0.717, 1.165) is 25.7 Å². The van der Waals surface area contributed by atoms with Crippen molar-refractivity contribution < 1.29 is 170 Å². The minimum atomic E-state index is -3.87. The van der Waals surface area contributed by atoms with Crippen molar-refractivity contribution in [2.24, 2.45) is 5.41 Å². The first-order chi connectivity index (χ1) is 52.3. The molecule has 2 heterocycles. The van der Waals surface area contributed by atoms with Crippen molar-refractivity contribution in [2.75, 3.05) is 160 Å². The summed E-state index contributed by atoms with van der Waals surface area (Å²) in [6.45, 7) is -8.88. The molecular weight excluding hydrogens is 1590 g/mol. The molecule has 45 heteroatoms. The van der Waals surface area contributed by atoms with Gasteiger partial charge < -0.3 is 121 Å². The number of aliphatic hydroxyl groups excluding tert-OH is 9. The molecule has 0 aliphatic carbocycles. The van der Waals surface area contributed by atoms with Crippen LogP contribution in [0.15, 0.2) is 0 Å². The number of amides is 2. The van der Waals surface area contributed by atoms with Crippen molar-refractivity contribution in [1.29, 1.82) is 0 Å². The highest BCUT2D eigenvalue weighted by molar-refractivity contribution is 8.53. The summed E-state index contributed by atoms with van der Waals surface area (Å²) < 4.78 is 164. The average molecular weight is 1720 g/mol. The Morgan fingerprint density at radius 3 is 1.17 bits per heavy atom. The van der Waals surface area contributed by atoms with E-state index in [1.165, 1.54) is 42.1 Å². The van der Waals surface area contributed by atoms with Gasteiger partial charge in [-0.05, 0) is 77.6 Å². The molecule has 0 aromatic carbocycles. The van der Waals surface area contributed by atoms with Gasteiger partial charge in [-0.1, -0.05) is 64.2 Å². The molecule has 0 spiro atoms. The number of rotatable bonds is 74. The van der Waals surface area contributed by atoms with Crippen molar-refractivity contribution in [2.45, 2.75) is 236 Å². The summed E-state index contributed by atoms with van der Waals surface area (Å²) >= 11 is 1.54. The van der Waals surface area contributed by atoms with Gasteiger partial charge in [0.05, 0.1) is 119 Å². The summed E-state index contributed by atoms with van der Waals surface area (Å²) in [6.07, 6.45) is 0.549. The maximum atomic E-state index is 13.7. The van der Waals surface area contributed by atoms with Gasteiger partial charge in [-0.25, -0.2) is 13.7 Å². The van der Waals surface area contributed by atoms with Crippen molar-refractivity contribution in [3.8, 4) is 0 Å². The van der Waals surface area contributed by atoms with Gasteiger partial charge in [0.2, 0.25) is 11.8 Å². The van der Waals surface area contributed by atoms with Crippen LogP contribution in [0, 0.1) is 5.41 Å². The molecule has 0 aromatic rings. The average Bonchev–Trinajstić information content (AvgIpc) is 0.813. The zero-order valence-corrected chi connectivity index (χ0v) is 69.8. The summed E-state index contributed by atoms with van der Waals surface area (Å²) in [5, 5.41) is 94.7. The monoisotopic (exact) mass is 1720 g/mol. The van der Waals surface area contributed by atoms with E-state index in [1.54, 1.807) is 0 Å². The van der Waals surface area contributed by atoms with E-state index < -0.39 is 146 Å². The molecule has 12 N–H and O–H groups in total. The Bertz CT molecular complexity index is 2460. The minimum absolute atomic E-state index is 0.0297. The first-order valence-corrected chi connectivity index (χ1v) is 46.8. The number of aliphatic hydroxyl groups is 9. The summed E-state index contributed by atoms with van der Waals surface area (Å²) in [4.78, 5) is 33.3. The second-order valence-corrected chi connectivity index (χ2v) is 37.5. The first kappa shape index (κ1) is 105. The standard InChI is InChI=1S/C64H126N2O36P4S3/c1-49(70)52(42-67)102-63(77)92-34-20-13-16-24-39-97-106(82,109-85-6)99-41-27-31-89-48-64(45-86-28-17-9-7-8-10-22-37-95-104(79,80)107-83-4,46-87-29-25-36-94-103(78)93-35-21-14-11-18-32-90-61-55(65-50(2)71)59(75)57(73)53(43-68)100-61)47-88-30-26-40-98-105(81,108-84-5)96-38-23-15-12-19-33-91-62-56(66-51(3)72)60(76)58(74)54(44-69)101-62/h49,52-63,67-70,73-77H,7-48H2,1-6H3,(H2-,65,66,71,72,79,80)/p+1/t49-,52?,53?,54?,55?,56?,57?,58?,59?,60?,61?,62?,63-,64?,105?,106?/m1/s1. The van der Waals surface area contributed by atoms with Crippen molar-refractivity contribution in [3.05, 3.63) is 0 Å². The van der Waals surface area contributed by atoms with E-state index in [9.17, 15) is 78.7 Å². The van der Waals surface area contributed by atoms with E-state index in [2.05, 4.69) is 14.8 Å². The Hall–Kier alpha value is -0.420. The van der Waals surface area contributed by atoms with Crippen LogP contribution in [0.3, 0.4) is 0 Å². The zero-order chi connectivity index (χ0) is 80.6. The second kappa shape index (κ2) is 63.6. The van der Waals surface area contributed by atoms with Crippen LogP contribution < -0.4 is 10.6 Å². The fourth-order valence-corrected chi connectivity index (χ4v) is 17.3. The number of carbonyl (C=O) groups is 2. The molecule has 2 aliphatic rings. The maximum absolute atomic E-state index is 13.7. The van der Waals surface area contributed by atoms with Crippen molar-refractivity contribution in [1.82, 2.24) is 10.6 Å². The van der Waals surface area contributed by atoms with Crippen LogP contribution >= 0.6 is 63.6 Å². The molecule has 2 saturated heterocycles. The molecule has 2 aliphatic heterocycles. The predicted molar refractivity (Wildman–Crippen MR) is 399 cm³/mol. The number of carbonyl (C=O) groups excluding carboxylic acids is 2. The smallest absolute Gasteiger partial charge is 0.394 e. The van der Waals surface area contributed by atoms with Crippen LogP contribution in [-0.2, 0) is 119 Å². The minimum Gasteiger partial charge on any atom is -0.394 e. The van der Waals surface area contributed by atoms with Gasteiger partial charge in [-0.3, -0.25) is 32.2 Å². The Balaban J connectivity index is 2.08. The SMILES string of the molecule is COSP(=O)(O)OCCCCCCCCOCC(COCCCO[P+](=O)OCCCCCCOC1OC(CO)C(O)C(O)C1NC(C)=O)(COCCCOP(=O)(OCCCCCCOC1OC(CO)C(O)C(O)C1NC(C)=O)SOC)COCCCOP(=O)(OCCCCCCO[C@@H](O)OC(CO)[C@@H](C)O)SOC. The Kier molecular flexibility index (Phi) is 61.1. The lowest BCUT2D eigenvalue weighted by atomic mass is 9.92. The number of nitrogens with one attached hydrogen (secondary N) is 2. The molecule has 2 fully saturated rings. The maximum Gasteiger partial charge on any atom is 0.697 e. The predicted octanol–water partition coefficient (Wildman–Crippen LogP) is 6.18. The highest BCUT2D eigenvalue weighted by atomic mass is 32.7. The number of unbranched alkanes of at least 4 members (excludes halogenated alkanes) is 14. The topological polar surface area (TPSA) is 513 Å². The summed E-state index contributed by atoms with van der Waals surface area (Å²) in [6, 6.07) is -2.11. The van der Waals surface area contributed by atoms with Crippen LogP contribution in [0.25, 0.3) is 0 Å². The second-order valence-electron chi connectivity index (χ2n) is 25.7. The van der Waals surface area contributed by atoms with Gasteiger partial charge in [0.25, 0.3) is 6.48 Å². The highest BCUT2D eigenvalue weighted by Gasteiger charge is 2.47. The molecule has 2 rings (SSSR count). The molecule has 646 valence electrons. The third kappa shape index (κ3) is 48.9. The van der Waals surface area contributed by atoms with Gasteiger partial charge in [0.1, 0.15) is 103 Å². The molecular formula is C64H127N2O36P4S3+. The van der Waals surface area contributed by atoms with Crippen LogP contribution in [0.2, 0.25) is 0 Å². The fraction of sp³-hybridized carbons (Fsp3) is 0.969. The van der Waals surface area contributed by atoms with Crippen LogP contribution in [0.5, 0.6) is 0 Å². The van der Waals surface area contributed by atoms with Gasteiger partial charge in [0, 0.05) is 58.1 Å². The molecule has 38 nitrogen and oxygen atoms in total. The lowest BCUT2D eigenvalue weighted by Crippen LogP contribution is -2.64. The summed E-state index contributed by atoms with van der Waals surface area (Å²) in [7, 11) is 1.50. The van der Waals surface area contributed by atoms with Gasteiger partial charge in [0.15, 0.2) is 12.6 Å². The normalized spacial score (nSPS) is 23.7. The molecule has 0 saturated carbocycles. The van der Waals surface area contributed by atoms with Crippen molar-refractivity contribution in [3.63, 3.8) is 0 Å². The highest BCUT2D eigenvalue weighted by Crippen LogP contribution is 2.62. The zero-order valence-electron chi connectivity index (χ0n) is 63.8. The Morgan fingerprint density at radius 2 is 0.798 bits per heavy atom. The number of hydrogen-bond donors (Lipinski definition) is 12.